The van der Waals surface area contributed by atoms with Crippen LogP contribution in [0.2, 0.25) is 0 Å². The Labute approximate surface area is 132 Å². The Kier molecular flexibility index (Phi) is 12.6. The molecule has 1 aromatic rings. The fourth-order valence-corrected chi connectivity index (χ4v) is 1.65. The number of para-hydroxylation sites is 1. The van der Waals surface area contributed by atoms with Crippen LogP contribution >= 0.6 is 0 Å². The summed E-state index contributed by atoms with van der Waals surface area (Å²) in [5, 5.41) is 11.8. The van der Waals surface area contributed by atoms with Gasteiger partial charge in [-0.2, -0.15) is 0 Å². The average molecular weight is 313 g/mol. The number of ether oxygens (including phenoxy) is 4. The predicted molar refractivity (Wildman–Crippen MR) is 85.3 cm³/mol. The Hall–Kier alpha value is -1.18. The molecule has 0 fully saturated rings. The molecule has 0 radical (unpaired) electrons. The number of anilines is 1. The summed E-state index contributed by atoms with van der Waals surface area (Å²) < 4.78 is 21.2. The van der Waals surface area contributed by atoms with Crippen LogP contribution in [-0.4, -0.2) is 71.1 Å². The normalized spacial score (nSPS) is 10.8. The van der Waals surface area contributed by atoms with Crippen molar-refractivity contribution in [3.63, 3.8) is 0 Å². The third kappa shape index (κ3) is 11.5. The van der Waals surface area contributed by atoms with E-state index in [2.05, 4.69) is 5.32 Å². The number of aliphatic hydroxyl groups is 1. The van der Waals surface area contributed by atoms with Crippen LogP contribution in [-0.2, 0) is 18.9 Å². The number of rotatable bonds is 15. The van der Waals surface area contributed by atoms with E-state index < -0.39 is 0 Å². The zero-order valence-electron chi connectivity index (χ0n) is 13.0. The van der Waals surface area contributed by atoms with Crippen molar-refractivity contribution in [2.45, 2.75) is 0 Å². The highest BCUT2D eigenvalue weighted by Gasteiger charge is 1.93. The standard InChI is InChI=1S/C16H27NO5/c18-7-9-20-11-13-22-15-14-21-12-10-19-8-6-17-16-4-2-1-3-5-16/h1-5,17-18H,6-15H2. The van der Waals surface area contributed by atoms with E-state index in [1.807, 2.05) is 30.3 Å². The molecule has 0 spiro atoms. The summed E-state index contributed by atoms with van der Waals surface area (Å²) in [5.41, 5.74) is 1.10. The van der Waals surface area contributed by atoms with Gasteiger partial charge in [0.05, 0.1) is 59.5 Å². The molecule has 0 unspecified atom stereocenters. The van der Waals surface area contributed by atoms with Crippen LogP contribution in [0.15, 0.2) is 30.3 Å². The molecule has 0 aliphatic carbocycles. The second kappa shape index (κ2) is 14.7. The summed E-state index contributed by atoms with van der Waals surface area (Å²) in [6, 6.07) is 10.0. The molecule has 1 rings (SSSR count). The zero-order valence-corrected chi connectivity index (χ0v) is 13.0. The molecule has 0 aliphatic rings. The van der Waals surface area contributed by atoms with Crippen LogP contribution < -0.4 is 5.32 Å². The third-order valence-electron chi connectivity index (χ3n) is 2.70. The van der Waals surface area contributed by atoms with Gasteiger partial charge in [0.15, 0.2) is 0 Å². The summed E-state index contributed by atoms with van der Waals surface area (Å²) in [4.78, 5) is 0. The van der Waals surface area contributed by atoms with Gasteiger partial charge < -0.3 is 29.4 Å². The van der Waals surface area contributed by atoms with Crippen LogP contribution in [0.5, 0.6) is 0 Å². The van der Waals surface area contributed by atoms with E-state index in [1.165, 1.54) is 0 Å². The molecule has 0 aromatic heterocycles. The fraction of sp³-hybridized carbons (Fsp3) is 0.625. The van der Waals surface area contributed by atoms with Gasteiger partial charge in [0.2, 0.25) is 0 Å². The molecule has 0 aliphatic heterocycles. The van der Waals surface area contributed by atoms with Gasteiger partial charge in [0.25, 0.3) is 0 Å². The summed E-state index contributed by atoms with van der Waals surface area (Å²) in [7, 11) is 0. The molecule has 0 amide bonds. The number of nitrogens with one attached hydrogen (secondary N) is 1. The topological polar surface area (TPSA) is 69.2 Å². The van der Waals surface area contributed by atoms with Crippen LogP contribution in [0, 0.1) is 0 Å². The fourth-order valence-electron chi connectivity index (χ4n) is 1.65. The van der Waals surface area contributed by atoms with E-state index in [9.17, 15) is 0 Å². The molecule has 1 aromatic carbocycles. The lowest BCUT2D eigenvalue weighted by Gasteiger charge is -2.08. The van der Waals surface area contributed by atoms with Gasteiger partial charge in [-0.15, -0.1) is 0 Å². The minimum Gasteiger partial charge on any atom is -0.394 e. The lowest BCUT2D eigenvalue weighted by Crippen LogP contribution is -2.14. The third-order valence-corrected chi connectivity index (χ3v) is 2.70. The number of hydrogen-bond donors (Lipinski definition) is 2. The molecule has 22 heavy (non-hydrogen) atoms. The lowest BCUT2D eigenvalue weighted by molar-refractivity contribution is -0.00463. The maximum Gasteiger partial charge on any atom is 0.0701 e. The van der Waals surface area contributed by atoms with Gasteiger partial charge >= 0.3 is 0 Å². The van der Waals surface area contributed by atoms with Gasteiger partial charge in [-0.25, -0.2) is 0 Å². The quantitative estimate of drug-likeness (QED) is 0.474. The SMILES string of the molecule is OCCOCCOCCOCCOCCNc1ccccc1. The van der Waals surface area contributed by atoms with Crippen molar-refractivity contribution in [3.8, 4) is 0 Å². The Morgan fingerprint density at radius 3 is 1.73 bits per heavy atom. The van der Waals surface area contributed by atoms with Crippen LogP contribution in [0.25, 0.3) is 0 Å². The molecular formula is C16H27NO5. The Morgan fingerprint density at radius 2 is 1.18 bits per heavy atom. The summed E-state index contributed by atoms with van der Waals surface area (Å²) in [6.45, 7) is 5.08. The predicted octanol–water partition coefficient (Wildman–Crippen LogP) is 1.16. The molecule has 0 heterocycles. The van der Waals surface area contributed by atoms with E-state index in [0.717, 1.165) is 12.2 Å². The van der Waals surface area contributed by atoms with Crippen molar-refractivity contribution in [1.82, 2.24) is 0 Å². The summed E-state index contributed by atoms with van der Waals surface area (Å²) in [5.74, 6) is 0. The Balaban J connectivity index is 1.73. The molecule has 0 atom stereocenters. The minimum atomic E-state index is 0.0456. The first-order valence-corrected chi connectivity index (χ1v) is 7.64. The minimum absolute atomic E-state index is 0.0456. The maximum absolute atomic E-state index is 8.50. The van der Waals surface area contributed by atoms with Crippen molar-refractivity contribution in [3.05, 3.63) is 30.3 Å². The van der Waals surface area contributed by atoms with E-state index >= 15 is 0 Å². The van der Waals surface area contributed by atoms with Crippen LogP contribution in [0.1, 0.15) is 0 Å². The molecule has 0 saturated heterocycles. The zero-order chi connectivity index (χ0) is 15.7. The second-order valence-corrected chi connectivity index (χ2v) is 4.47. The van der Waals surface area contributed by atoms with E-state index in [4.69, 9.17) is 24.1 Å². The first-order valence-electron chi connectivity index (χ1n) is 7.64. The number of hydrogen-bond acceptors (Lipinski definition) is 6. The Bertz CT molecular complexity index is 337. The molecule has 126 valence electrons. The van der Waals surface area contributed by atoms with E-state index in [0.29, 0.717) is 52.9 Å². The van der Waals surface area contributed by atoms with Gasteiger partial charge in [0, 0.05) is 12.2 Å². The van der Waals surface area contributed by atoms with Crippen LogP contribution in [0.4, 0.5) is 5.69 Å². The Morgan fingerprint density at radius 1 is 0.682 bits per heavy atom. The van der Waals surface area contributed by atoms with Crippen molar-refractivity contribution in [1.29, 1.82) is 0 Å². The number of aliphatic hydroxyl groups excluding tert-OH is 1. The first-order chi connectivity index (χ1) is 10.9. The highest BCUT2D eigenvalue weighted by Crippen LogP contribution is 2.03. The smallest absolute Gasteiger partial charge is 0.0701 e. The van der Waals surface area contributed by atoms with Gasteiger partial charge in [-0.3, -0.25) is 0 Å². The second-order valence-electron chi connectivity index (χ2n) is 4.47. The molecule has 6 nitrogen and oxygen atoms in total. The lowest BCUT2D eigenvalue weighted by atomic mass is 10.3. The van der Waals surface area contributed by atoms with Gasteiger partial charge in [0.1, 0.15) is 0 Å². The van der Waals surface area contributed by atoms with E-state index in [1.54, 1.807) is 0 Å². The summed E-state index contributed by atoms with van der Waals surface area (Å²) >= 11 is 0. The van der Waals surface area contributed by atoms with E-state index in [-0.39, 0.29) is 6.61 Å². The van der Waals surface area contributed by atoms with Gasteiger partial charge in [-0.1, -0.05) is 18.2 Å². The molecular weight excluding hydrogens is 286 g/mol. The molecule has 0 saturated carbocycles. The van der Waals surface area contributed by atoms with Crippen molar-refractivity contribution >= 4 is 5.69 Å². The molecule has 0 bridgehead atoms. The number of benzene rings is 1. The van der Waals surface area contributed by atoms with Gasteiger partial charge in [-0.05, 0) is 12.1 Å². The summed E-state index contributed by atoms with van der Waals surface area (Å²) in [6.07, 6.45) is 0. The van der Waals surface area contributed by atoms with Crippen LogP contribution in [0.3, 0.4) is 0 Å². The molecule has 6 heteroatoms. The highest BCUT2D eigenvalue weighted by atomic mass is 16.6. The van der Waals surface area contributed by atoms with Crippen molar-refractivity contribution < 1.29 is 24.1 Å². The largest absolute Gasteiger partial charge is 0.394 e. The maximum atomic E-state index is 8.50. The molecule has 2 N–H and O–H groups in total. The first kappa shape index (κ1) is 18.9. The average Bonchev–Trinajstić information content (AvgIpc) is 2.56. The highest BCUT2D eigenvalue weighted by molar-refractivity contribution is 5.42. The van der Waals surface area contributed by atoms with Crippen molar-refractivity contribution in [2.75, 3.05) is 71.3 Å². The van der Waals surface area contributed by atoms with Crippen molar-refractivity contribution in [2.24, 2.45) is 0 Å². The monoisotopic (exact) mass is 313 g/mol.